The minimum Gasteiger partial charge on any atom is -0.492 e. The molecule has 0 unspecified atom stereocenters. The summed E-state index contributed by atoms with van der Waals surface area (Å²) >= 11 is 0. The SMILES string of the molecule is CCCCCCCCOc1cnc(-c2ccc(OCCCCCCC3CC3)cn2)cn1. The second-order valence-electron chi connectivity index (χ2n) is 8.73. The maximum atomic E-state index is 5.82. The number of aromatic nitrogens is 3. The third-order valence-corrected chi connectivity index (χ3v) is 5.85. The summed E-state index contributed by atoms with van der Waals surface area (Å²) in [7, 11) is 0. The highest BCUT2D eigenvalue weighted by atomic mass is 16.5. The Bertz CT molecular complexity index is 714. The van der Waals surface area contributed by atoms with E-state index in [1.165, 1.54) is 70.6 Å². The smallest absolute Gasteiger partial charge is 0.232 e. The largest absolute Gasteiger partial charge is 0.492 e. The van der Waals surface area contributed by atoms with E-state index < -0.39 is 0 Å². The highest BCUT2D eigenvalue weighted by Gasteiger charge is 2.19. The third-order valence-electron chi connectivity index (χ3n) is 5.85. The van der Waals surface area contributed by atoms with Gasteiger partial charge in [-0.25, -0.2) is 9.97 Å². The van der Waals surface area contributed by atoms with E-state index in [1.807, 2.05) is 12.1 Å². The summed E-state index contributed by atoms with van der Waals surface area (Å²) < 4.78 is 11.5. The minimum atomic E-state index is 0.578. The van der Waals surface area contributed by atoms with Crippen LogP contribution in [0.1, 0.15) is 90.4 Å². The van der Waals surface area contributed by atoms with Crippen molar-refractivity contribution in [3.8, 4) is 23.0 Å². The van der Waals surface area contributed by atoms with Crippen LogP contribution in [0.2, 0.25) is 0 Å². The molecule has 0 radical (unpaired) electrons. The Morgan fingerprint density at radius 2 is 1.42 bits per heavy atom. The van der Waals surface area contributed by atoms with Gasteiger partial charge < -0.3 is 9.47 Å². The van der Waals surface area contributed by atoms with Crippen LogP contribution in [0, 0.1) is 5.92 Å². The van der Waals surface area contributed by atoms with Gasteiger partial charge in [-0.05, 0) is 30.9 Å². The molecule has 1 aliphatic carbocycles. The van der Waals surface area contributed by atoms with Crippen LogP contribution in [-0.2, 0) is 0 Å². The standard InChI is InChI=1S/C26H39N3O2/c1-2-3-4-5-7-11-18-31-26-21-28-25(20-29-26)24-16-15-23(19-27-24)30-17-10-8-6-9-12-22-13-14-22/h15-16,19-22H,2-14,17-18H2,1H3. The van der Waals surface area contributed by atoms with Gasteiger partial charge in [-0.2, -0.15) is 0 Å². The molecule has 1 saturated carbocycles. The Balaban J connectivity index is 1.29. The number of pyridine rings is 1. The molecular weight excluding hydrogens is 386 g/mol. The van der Waals surface area contributed by atoms with E-state index in [0.717, 1.165) is 42.5 Å². The zero-order valence-corrected chi connectivity index (χ0v) is 19.2. The number of rotatable bonds is 17. The van der Waals surface area contributed by atoms with Gasteiger partial charge in [-0.3, -0.25) is 4.98 Å². The number of nitrogens with zero attached hydrogens (tertiary/aromatic N) is 3. The van der Waals surface area contributed by atoms with E-state index in [-0.39, 0.29) is 0 Å². The maximum absolute atomic E-state index is 5.82. The van der Waals surface area contributed by atoms with Crippen LogP contribution in [-0.4, -0.2) is 28.2 Å². The zero-order chi connectivity index (χ0) is 21.6. The molecule has 0 aliphatic heterocycles. The van der Waals surface area contributed by atoms with Gasteiger partial charge >= 0.3 is 0 Å². The van der Waals surface area contributed by atoms with Gasteiger partial charge in [-0.15, -0.1) is 0 Å². The van der Waals surface area contributed by atoms with Crippen LogP contribution in [0.5, 0.6) is 11.6 Å². The van der Waals surface area contributed by atoms with Gasteiger partial charge in [0.15, 0.2) is 0 Å². The van der Waals surface area contributed by atoms with Crippen molar-refractivity contribution in [2.75, 3.05) is 13.2 Å². The van der Waals surface area contributed by atoms with Gasteiger partial charge in [0.05, 0.1) is 37.5 Å². The van der Waals surface area contributed by atoms with Gasteiger partial charge in [-0.1, -0.05) is 77.6 Å². The fourth-order valence-corrected chi connectivity index (χ4v) is 3.68. The van der Waals surface area contributed by atoms with Crippen LogP contribution in [0.4, 0.5) is 0 Å². The van der Waals surface area contributed by atoms with E-state index in [2.05, 4.69) is 21.9 Å². The second kappa shape index (κ2) is 14.0. The van der Waals surface area contributed by atoms with E-state index in [4.69, 9.17) is 9.47 Å². The monoisotopic (exact) mass is 425 g/mol. The average Bonchev–Trinajstić information content (AvgIpc) is 3.63. The van der Waals surface area contributed by atoms with Gasteiger partial charge in [0.25, 0.3) is 0 Å². The molecule has 1 fully saturated rings. The molecule has 31 heavy (non-hydrogen) atoms. The number of unbranched alkanes of at least 4 members (excludes halogenated alkanes) is 8. The van der Waals surface area contributed by atoms with E-state index in [9.17, 15) is 0 Å². The first kappa shape index (κ1) is 23.5. The molecule has 0 atom stereocenters. The van der Waals surface area contributed by atoms with Gasteiger partial charge in [0.2, 0.25) is 5.88 Å². The fourth-order valence-electron chi connectivity index (χ4n) is 3.68. The van der Waals surface area contributed by atoms with Crippen molar-refractivity contribution in [3.05, 3.63) is 30.7 Å². The molecule has 2 aromatic rings. The van der Waals surface area contributed by atoms with Crippen molar-refractivity contribution in [1.29, 1.82) is 0 Å². The molecule has 3 rings (SSSR count). The second-order valence-corrected chi connectivity index (χ2v) is 8.73. The molecule has 0 spiro atoms. The van der Waals surface area contributed by atoms with Crippen LogP contribution in [0.15, 0.2) is 30.7 Å². The van der Waals surface area contributed by atoms with Crippen molar-refractivity contribution in [3.63, 3.8) is 0 Å². The lowest BCUT2D eigenvalue weighted by Crippen LogP contribution is -2.00. The average molecular weight is 426 g/mol. The van der Waals surface area contributed by atoms with Crippen LogP contribution in [0.25, 0.3) is 11.4 Å². The number of hydrogen-bond acceptors (Lipinski definition) is 5. The summed E-state index contributed by atoms with van der Waals surface area (Å²) in [6.07, 6.45) is 22.1. The molecule has 5 nitrogen and oxygen atoms in total. The highest BCUT2D eigenvalue weighted by molar-refractivity contribution is 5.53. The summed E-state index contributed by atoms with van der Waals surface area (Å²) in [4.78, 5) is 13.3. The van der Waals surface area contributed by atoms with Gasteiger partial charge in [0.1, 0.15) is 11.4 Å². The van der Waals surface area contributed by atoms with Crippen molar-refractivity contribution in [2.45, 2.75) is 90.4 Å². The quantitative estimate of drug-likeness (QED) is 0.255. The molecule has 2 aromatic heterocycles. The Morgan fingerprint density at radius 1 is 0.710 bits per heavy atom. The number of hydrogen-bond donors (Lipinski definition) is 0. The molecule has 2 heterocycles. The highest BCUT2D eigenvalue weighted by Crippen LogP contribution is 2.34. The molecule has 0 N–H and O–H groups in total. The first-order chi connectivity index (χ1) is 15.3. The third kappa shape index (κ3) is 9.67. The summed E-state index contributed by atoms with van der Waals surface area (Å²) in [5.74, 6) is 2.45. The minimum absolute atomic E-state index is 0.578. The van der Waals surface area contributed by atoms with E-state index in [0.29, 0.717) is 12.5 Å². The summed E-state index contributed by atoms with van der Waals surface area (Å²) in [6, 6.07) is 3.89. The Kier molecular flexibility index (Phi) is 10.6. The normalized spacial score (nSPS) is 13.3. The molecule has 0 aromatic carbocycles. The topological polar surface area (TPSA) is 57.1 Å². The predicted octanol–water partition coefficient (Wildman–Crippen LogP) is 7.02. The van der Waals surface area contributed by atoms with Gasteiger partial charge in [0, 0.05) is 0 Å². The van der Waals surface area contributed by atoms with E-state index in [1.54, 1.807) is 18.6 Å². The Morgan fingerprint density at radius 3 is 2.10 bits per heavy atom. The first-order valence-corrected chi connectivity index (χ1v) is 12.4. The van der Waals surface area contributed by atoms with E-state index >= 15 is 0 Å². The first-order valence-electron chi connectivity index (χ1n) is 12.4. The summed E-state index contributed by atoms with van der Waals surface area (Å²) in [6.45, 7) is 3.70. The molecular formula is C26H39N3O2. The molecule has 1 aliphatic rings. The van der Waals surface area contributed by atoms with Crippen LogP contribution in [0.3, 0.4) is 0 Å². The number of ether oxygens (including phenoxy) is 2. The van der Waals surface area contributed by atoms with Crippen LogP contribution < -0.4 is 9.47 Å². The summed E-state index contributed by atoms with van der Waals surface area (Å²) in [5.41, 5.74) is 1.54. The molecule has 0 bridgehead atoms. The Hall–Kier alpha value is -2.17. The maximum Gasteiger partial charge on any atom is 0.232 e. The van der Waals surface area contributed by atoms with Crippen molar-refractivity contribution < 1.29 is 9.47 Å². The lowest BCUT2D eigenvalue weighted by atomic mass is 10.1. The lowest BCUT2D eigenvalue weighted by molar-refractivity contribution is 0.292. The lowest BCUT2D eigenvalue weighted by Gasteiger charge is -2.07. The molecule has 170 valence electrons. The van der Waals surface area contributed by atoms with Crippen molar-refractivity contribution in [1.82, 2.24) is 15.0 Å². The van der Waals surface area contributed by atoms with Crippen molar-refractivity contribution in [2.24, 2.45) is 5.92 Å². The Labute approximate surface area is 188 Å². The molecule has 0 saturated heterocycles. The van der Waals surface area contributed by atoms with Crippen LogP contribution >= 0.6 is 0 Å². The molecule has 5 heteroatoms. The van der Waals surface area contributed by atoms with Crippen molar-refractivity contribution >= 4 is 0 Å². The zero-order valence-electron chi connectivity index (χ0n) is 19.2. The fraction of sp³-hybridized carbons (Fsp3) is 0.654. The molecule has 0 amide bonds. The summed E-state index contributed by atoms with van der Waals surface area (Å²) in [5, 5.41) is 0. The predicted molar refractivity (Wildman–Crippen MR) is 125 cm³/mol.